The van der Waals surface area contributed by atoms with Crippen molar-refractivity contribution in [1.82, 2.24) is 0 Å². The number of hydrogen-bond donors (Lipinski definition) is 2. The number of benzene rings is 1. The third-order valence-corrected chi connectivity index (χ3v) is 2.81. The standard InChI is InChI=1S/C14H18O4/c1-2-3-4-5-6-10-7-11(13(15)16)9-12(8-10)14(17)18/h7-9H,2-6H2,1H3,(H,15,16)(H,17,18). The summed E-state index contributed by atoms with van der Waals surface area (Å²) in [6, 6.07) is 4.31. The van der Waals surface area contributed by atoms with E-state index in [1.165, 1.54) is 6.07 Å². The Morgan fingerprint density at radius 1 is 0.944 bits per heavy atom. The molecule has 0 aliphatic heterocycles. The molecular formula is C14H18O4. The second kappa shape index (κ2) is 6.79. The first-order valence-corrected chi connectivity index (χ1v) is 6.15. The number of aromatic carboxylic acids is 2. The van der Waals surface area contributed by atoms with E-state index in [4.69, 9.17) is 10.2 Å². The Bertz CT molecular complexity index is 405. The normalized spacial score (nSPS) is 10.3. The van der Waals surface area contributed by atoms with E-state index in [1.54, 1.807) is 12.1 Å². The Labute approximate surface area is 106 Å². The Morgan fingerprint density at radius 3 is 1.94 bits per heavy atom. The maximum atomic E-state index is 10.9. The summed E-state index contributed by atoms with van der Waals surface area (Å²) in [7, 11) is 0. The van der Waals surface area contributed by atoms with Crippen LogP contribution in [0.2, 0.25) is 0 Å². The zero-order valence-electron chi connectivity index (χ0n) is 10.5. The van der Waals surface area contributed by atoms with Gasteiger partial charge in [0.2, 0.25) is 0 Å². The molecule has 0 bridgehead atoms. The molecule has 4 heteroatoms. The molecule has 0 unspecified atom stereocenters. The Kier molecular flexibility index (Phi) is 5.36. The summed E-state index contributed by atoms with van der Waals surface area (Å²) >= 11 is 0. The Balaban J connectivity index is 2.83. The predicted molar refractivity (Wildman–Crippen MR) is 68.2 cm³/mol. The van der Waals surface area contributed by atoms with Crippen molar-refractivity contribution in [2.24, 2.45) is 0 Å². The highest BCUT2D eigenvalue weighted by Crippen LogP contribution is 2.14. The molecule has 0 saturated heterocycles. The van der Waals surface area contributed by atoms with Crippen LogP contribution < -0.4 is 0 Å². The summed E-state index contributed by atoms with van der Waals surface area (Å²) < 4.78 is 0. The molecule has 18 heavy (non-hydrogen) atoms. The molecule has 0 fully saturated rings. The first-order valence-electron chi connectivity index (χ1n) is 6.15. The summed E-state index contributed by atoms with van der Waals surface area (Å²) in [5.41, 5.74) is 0.865. The lowest BCUT2D eigenvalue weighted by atomic mass is 10.0. The molecule has 0 aliphatic carbocycles. The third-order valence-electron chi connectivity index (χ3n) is 2.81. The summed E-state index contributed by atoms with van der Waals surface area (Å²) in [5.74, 6) is -2.18. The first-order chi connectivity index (χ1) is 8.54. The van der Waals surface area contributed by atoms with Crippen molar-refractivity contribution in [2.75, 3.05) is 0 Å². The van der Waals surface area contributed by atoms with Crippen LogP contribution in [0.4, 0.5) is 0 Å². The molecule has 0 heterocycles. The summed E-state index contributed by atoms with van der Waals surface area (Å²) in [6.07, 6.45) is 5.04. The third kappa shape index (κ3) is 4.20. The highest BCUT2D eigenvalue weighted by Gasteiger charge is 2.11. The average Bonchev–Trinajstić information content (AvgIpc) is 2.34. The highest BCUT2D eigenvalue weighted by molar-refractivity contribution is 5.94. The lowest BCUT2D eigenvalue weighted by Gasteiger charge is -2.05. The van der Waals surface area contributed by atoms with E-state index in [0.717, 1.165) is 37.7 Å². The minimum Gasteiger partial charge on any atom is -0.478 e. The fourth-order valence-electron chi connectivity index (χ4n) is 1.84. The van der Waals surface area contributed by atoms with Crippen molar-refractivity contribution in [3.63, 3.8) is 0 Å². The van der Waals surface area contributed by atoms with Gasteiger partial charge >= 0.3 is 11.9 Å². The number of aryl methyl sites for hydroxylation is 1. The SMILES string of the molecule is CCCCCCc1cc(C(=O)O)cc(C(=O)O)c1. The molecule has 0 spiro atoms. The highest BCUT2D eigenvalue weighted by atomic mass is 16.4. The van der Waals surface area contributed by atoms with Crippen LogP contribution in [0.5, 0.6) is 0 Å². The van der Waals surface area contributed by atoms with Crippen molar-refractivity contribution in [3.05, 3.63) is 34.9 Å². The number of hydrogen-bond acceptors (Lipinski definition) is 2. The van der Waals surface area contributed by atoms with Gasteiger partial charge in [0.1, 0.15) is 0 Å². The molecular weight excluding hydrogens is 232 g/mol. The van der Waals surface area contributed by atoms with Crippen LogP contribution in [0.1, 0.15) is 58.9 Å². The van der Waals surface area contributed by atoms with Crippen LogP contribution in [0.15, 0.2) is 18.2 Å². The van der Waals surface area contributed by atoms with Crippen LogP contribution in [-0.4, -0.2) is 22.2 Å². The van der Waals surface area contributed by atoms with Crippen LogP contribution >= 0.6 is 0 Å². The molecule has 0 saturated carbocycles. The lowest BCUT2D eigenvalue weighted by molar-refractivity contribution is 0.0696. The van der Waals surface area contributed by atoms with E-state index in [-0.39, 0.29) is 11.1 Å². The number of carboxylic acids is 2. The van der Waals surface area contributed by atoms with E-state index < -0.39 is 11.9 Å². The van der Waals surface area contributed by atoms with Gasteiger partial charge in [-0.2, -0.15) is 0 Å². The van der Waals surface area contributed by atoms with Crippen molar-refractivity contribution in [1.29, 1.82) is 0 Å². The van der Waals surface area contributed by atoms with E-state index >= 15 is 0 Å². The van der Waals surface area contributed by atoms with Gasteiger partial charge in [0.25, 0.3) is 0 Å². The molecule has 0 aromatic heterocycles. The second-order valence-electron chi connectivity index (χ2n) is 4.34. The van der Waals surface area contributed by atoms with Crippen molar-refractivity contribution >= 4 is 11.9 Å². The van der Waals surface area contributed by atoms with Gasteiger partial charge < -0.3 is 10.2 Å². The van der Waals surface area contributed by atoms with Gasteiger partial charge in [-0.05, 0) is 36.6 Å². The summed E-state index contributed by atoms with van der Waals surface area (Å²) in [5, 5.41) is 17.9. The predicted octanol–water partition coefficient (Wildman–Crippen LogP) is 3.21. The van der Waals surface area contributed by atoms with E-state index in [0.29, 0.717) is 0 Å². The van der Waals surface area contributed by atoms with Gasteiger partial charge in [0.05, 0.1) is 11.1 Å². The van der Waals surface area contributed by atoms with Gasteiger partial charge in [-0.3, -0.25) is 0 Å². The lowest BCUT2D eigenvalue weighted by Crippen LogP contribution is -2.04. The van der Waals surface area contributed by atoms with Crippen LogP contribution in [0, 0.1) is 0 Å². The average molecular weight is 250 g/mol. The smallest absolute Gasteiger partial charge is 0.335 e. The summed E-state index contributed by atoms with van der Waals surface area (Å²) in [4.78, 5) is 21.8. The minimum atomic E-state index is -1.09. The number of unbranched alkanes of at least 4 members (excludes halogenated alkanes) is 3. The van der Waals surface area contributed by atoms with Gasteiger partial charge in [-0.15, -0.1) is 0 Å². The topological polar surface area (TPSA) is 74.6 Å². The second-order valence-corrected chi connectivity index (χ2v) is 4.34. The number of carbonyl (C=O) groups is 2. The van der Waals surface area contributed by atoms with Crippen molar-refractivity contribution in [2.45, 2.75) is 39.0 Å². The van der Waals surface area contributed by atoms with Crippen LogP contribution in [0.3, 0.4) is 0 Å². The fourth-order valence-corrected chi connectivity index (χ4v) is 1.84. The largest absolute Gasteiger partial charge is 0.478 e. The van der Waals surface area contributed by atoms with Crippen molar-refractivity contribution < 1.29 is 19.8 Å². The monoisotopic (exact) mass is 250 g/mol. The van der Waals surface area contributed by atoms with Gasteiger partial charge in [0, 0.05) is 0 Å². The van der Waals surface area contributed by atoms with Crippen LogP contribution in [0.25, 0.3) is 0 Å². The maximum absolute atomic E-state index is 10.9. The quantitative estimate of drug-likeness (QED) is 0.729. The number of rotatable bonds is 7. The van der Waals surface area contributed by atoms with Gasteiger partial charge in [-0.25, -0.2) is 9.59 Å². The van der Waals surface area contributed by atoms with E-state index in [2.05, 4.69) is 6.92 Å². The van der Waals surface area contributed by atoms with Crippen molar-refractivity contribution in [3.8, 4) is 0 Å². The molecule has 98 valence electrons. The molecule has 0 radical (unpaired) electrons. The molecule has 0 amide bonds. The maximum Gasteiger partial charge on any atom is 0.335 e. The fraction of sp³-hybridized carbons (Fsp3) is 0.429. The minimum absolute atomic E-state index is 0.0420. The molecule has 1 aromatic carbocycles. The molecule has 2 N–H and O–H groups in total. The molecule has 0 aliphatic rings. The molecule has 1 aromatic rings. The summed E-state index contributed by atoms with van der Waals surface area (Å²) in [6.45, 7) is 2.12. The zero-order valence-corrected chi connectivity index (χ0v) is 10.5. The Hall–Kier alpha value is -1.84. The molecule has 4 nitrogen and oxygen atoms in total. The van der Waals surface area contributed by atoms with E-state index in [9.17, 15) is 9.59 Å². The first kappa shape index (κ1) is 14.2. The zero-order chi connectivity index (χ0) is 13.5. The number of carboxylic acid groups (broad SMARTS) is 2. The molecule has 1 rings (SSSR count). The van der Waals surface area contributed by atoms with Crippen LogP contribution in [-0.2, 0) is 6.42 Å². The van der Waals surface area contributed by atoms with Gasteiger partial charge in [0.15, 0.2) is 0 Å². The molecule has 0 atom stereocenters. The Morgan fingerprint density at radius 2 is 1.50 bits per heavy atom. The van der Waals surface area contributed by atoms with E-state index in [1.807, 2.05) is 0 Å². The van der Waals surface area contributed by atoms with Gasteiger partial charge in [-0.1, -0.05) is 26.2 Å².